The van der Waals surface area contributed by atoms with Crippen molar-refractivity contribution in [2.75, 3.05) is 5.32 Å². The number of carbonyl (C=O) groups is 2. The van der Waals surface area contributed by atoms with Crippen LogP contribution in [-0.2, 0) is 10.2 Å². The van der Waals surface area contributed by atoms with Gasteiger partial charge in [0.05, 0.1) is 0 Å². The van der Waals surface area contributed by atoms with Crippen molar-refractivity contribution in [3.05, 3.63) is 108 Å². The van der Waals surface area contributed by atoms with Gasteiger partial charge < -0.3 is 10.1 Å². The van der Waals surface area contributed by atoms with Gasteiger partial charge in [-0.15, -0.1) is 0 Å². The Morgan fingerprint density at radius 3 is 2.18 bits per heavy atom. The molecule has 4 nitrogen and oxygen atoms in total. The lowest BCUT2D eigenvalue weighted by atomic mass is 9.86. The summed E-state index contributed by atoms with van der Waals surface area (Å²) in [7, 11) is 0. The largest absolute Gasteiger partial charge is 0.481 e. The molecule has 0 unspecified atom stereocenters. The molecule has 0 aromatic heterocycles. The lowest BCUT2D eigenvalue weighted by Gasteiger charge is -2.19. The van der Waals surface area contributed by atoms with Crippen molar-refractivity contribution in [1.82, 2.24) is 0 Å². The lowest BCUT2D eigenvalue weighted by molar-refractivity contribution is -0.122. The van der Waals surface area contributed by atoms with Gasteiger partial charge in [0.25, 0.3) is 5.91 Å². The highest BCUT2D eigenvalue weighted by Gasteiger charge is 2.18. The lowest BCUT2D eigenvalue weighted by Crippen LogP contribution is -2.30. The zero-order chi connectivity index (χ0) is 24.3. The van der Waals surface area contributed by atoms with Crippen LogP contribution in [0.15, 0.2) is 91.0 Å². The Morgan fingerprint density at radius 1 is 0.765 bits per heavy atom. The number of rotatable bonds is 6. The fourth-order valence-electron chi connectivity index (χ4n) is 3.77. The smallest absolute Gasteiger partial charge is 0.265 e. The number of ether oxygens (including phenoxy) is 1. The second-order valence-electron chi connectivity index (χ2n) is 9.50. The van der Waals surface area contributed by atoms with E-state index in [0.717, 1.165) is 10.8 Å². The maximum Gasteiger partial charge on any atom is 0.265 e. The van der Waals surface area contributed by atoms with E-state index in [4.69, 9.17) is 4.74 Å². The fraction of sp³-hybridized carbons (Fsp3) is 0.200. The van der Waals surface area contributed by atoms with Gasteiger partial charge in [0.1, 0.15) is 5.75 Å². The Balaban J connectivity index is 1.43. The minimum Gasteiger partial charge on any atom is -0.481 e. The van der Waals surface area contributed by atoms with E-state index in [9.17, 15) is 9.59 Å². The number of nitrogens with one attached hydrogen (secondary N) is 1. The first kappa shape index (κ1) is 23.2. The molecule has 0 saturated carbocycles. The van der Waals surface area contributed by atoms with Crippen LogP contribution >= 0.6 is 0 Å². The number of ketones is 1. The quantitative estimate of drug-likeness (QED) is 0.329. The first-order valence-electron chi connectivity index (χ1n) is 11.4. The molecule has 172 valence electrons. The van der Waals surface area contributed by atoms with E-state index in [0.29, 0.717) is 22.6 Å². The highest BCUT2D eigenvalue weighted by atomic mass is 16.5. The Morgan fingerprint density at radius 2 is 1.47 bits per heavy atom. The van der Waals surface area contributed by atoms with Gasteiger partial charge in [0.2, 0.25) is 0 Å². The monoisotopic (exact) mass is 451 g/mol. The van der Waals surface area contributed by atoms with E-state index in [1.165, 1.54) is 5.56 Å². The maximum absolute atomic E-state index is 13.0. The van der Waals surface area contributed by atoms with Gasteiger partial charge in [0, 0.05) is 16.8 Å². The van der Waals surface area contributed by atoms with Gasteiger partial charge in [-0.25, -0.2) is 0 Å². The van der Waals surface area contributed by atoms with Crippen molar-refractivity contribution in [2.45, 2.75) is 39.2 Å². The molecule has 0 fully saturated rings. The summed E-state index contributed by atoms with van der Waals surface area (Å²) >= 11 is 0. The number of amides is 1. The summed E-state index contributed by atoms with van der Waals surface area (Å²) in [6.45, 7) is 8.12. The van der Waals surface area contributed by atoms with Gasteiger partial charge >= 0.3 is 0 Å². The molecule has 1 amide bonds. The highest BCUT2D eigenvalue weighted by Crippen LogP contribution is 2.24. The highest BCUT2D eigenvalue weighted by molar-refractivity contribution is 6.09. The predicted molar refractivity (Wildman–Crippen MR) is 138 cm³/mol. The van der Waals surface area contributed by atoms with Crippen molar-refractivity contribution >= 4 is 28.2 Å². The first-order chi connectivity index (χ1) is 16.2. The molecule has 0 radical (unpaired) electrons. The van der Waals surface area contributed by atoms with Crippen molar-refractivity contribution in [1.29, 1.82) is 0 Å². The Kier molecular flexibility index (Phi) is 6.51. The van der Waals surface area contributed by atoms with Crippen LogP contribution in [0.4, 0.5) is 5.69 Å². The molecule has 4 aromatic carbocycles. The third-order valence-electron chi connectivity index (χ3n) is 5.81. The first-order valence-corrected chi connectivity index (χ1v) is 11.4. The predicted octanol–water partition coefficient (Wildman–Crippen LogP) is 6.77. The van der Waals surface area contributed by atoms with Crippen LogP contribution in [0.2, 0.25) is 0 Å². The normalized spacial score (nSPS) is 12.2. The molecular formula is C30H29NO3. The Bertz CT molecular complexity index is 1330. The molecule has 0 heterocycles. The second kappa shape index (κ2) is 9.52. The van der Waals surface area contributed by atoms with Crippen molar-refractivity contribution in [3.8, 4) is 5.75 Å². The van der Waals surface area contributed by atoms with Gasteiger partial charge in [0.15, 0.2) is 11.9 Å². The summed E-state index contributed by atoms with van der Waals surface area (Å²) in [5.41, 5.74) is 2.88. The van der Waals surface area contributed by atoms with Crippen LogP contribution < -0.4 is 10.1 Å². The van der Waals surface area contributed by atoms with Gasteiger partial charge in [-0.05, 0) is 52.9 Å². The molecule has 4 heteroatoms. The molecule has 0 aliphatic carbocycles. The van der Waals surface area contributed by atoms with Gasteiger partial charge in [-0.2, -0.15) is 0 Å². The van der Waals surface area contributed by atoms with Crippen molar-refractivity contribution in [3.63, 3.8) is 0 Å². The maximum atomic E-state index is 13.0. The average Bonchev–Trinajstić information content (AvgIpc) is 2.83. The number of hydrogen-bond acceptors (Lipinski definition) is 3. The number of fused-ring (bicyclic) bond motifs is 1. The Hall–Kier alpha value is -3.92. The van der Waals surface area contributed by atoms with Crippen LogP contribution in [0, 0.1) is 0 Å². The third kappa shape index (κ3) is 5.34. The molecule has 0 aliphatic heterocycles. The minimum absolute atomic E-state index is 0.0252. The Labute approximate surface area is 200 Å². The number of anilines is 1. The molecule has 0 saturated heterocycles. The topological polar surface area (TPSA) is 55.4 Å². The zero-order valence-electron chi connectivity index (χ0n) is 20.0. The van der Waals surface area contributed by atoms with E-state index >= 15 is 0 Å². The average molecular weight is 452 g/mol. The molecule has 0 spiro atoms. The second-order valence-corrected chi connectivity index (χ2v) is 9.50. The van der Waals surface area contributed by atoms with Crippen LogP contribution in [0.3, 0.4) is 0 Å². The summed E-state index contributed by atoms with van der Waals surface area (Å²) < 4.78 is 5.86. The number of hydrogen-bond donors (Lipinski definition) is 1. The van der Waals surface area contributed by atoms with Crippen LogP contribution in [-0.4, -0.2) is 17.8 Å². The summed E-state index contributed by atoms with van der Waals surface area (Å²) in [5.74, 6) is 0.258. The fourth-order valence-corrected chi connectivity index (χ4v) is 3.77. The summed E-state index contributed by atoms with van der Waals surface area (Å²) in [5, 5.41) is 5.02. The molecule has 4 aromatic rings. The molecule has 4 rings (SSSR count). The number of benzene rings is 4. The SMILES string of the molecule is C[C@@H](Oc1ccc2ccccc2c1)C(=O)Nc1cccc(C(=O)c2ccc(C(C)(C)C)cc2)c1. The van der Waals surface area contributed by atoms with E-state index < -0.39 is 6.10 Å². The van der Waals surface area contributed by atoms with Crippen LogP contribution in [0.25, 0.3) is 10.8 Å². The molecule has 0 bridgehead atoms. The van der Waals surface area contributed by atoms with Crippen LogP contribution in [0.5, 0.6) is 5.75 Å². The zero-order valence-corrected chi connectivity index (χ0v) is 20.0. The standard InChI is InChI=1S/C30H29NO3/c1-20(34-27-17-14-21-8-5-6-9-23(21)19-27)29(33)31-26-11-7-10-24(18-26)28(32)22-12-15-25(16-13-22)30(2,3)4/h5-20H,1-4H3,(H,31,33)/t20-/m1/s1. The summed E-state index contributed by atoms with van der Waals surface area (Å²) in [6, 6.07) is 28.4. The minimum atomic E-state index is -0.703. The molecule has 34 heavy (non-hydrogen) atoms. The van der Waals surface area contributed by atoms with Gasteiger partial charge in [-0.3, -0.25) is 9.59 Å². The molecule has 0 aliphatic rings. The summed E-state index contributed by atoms with van der Waals surface area (Å²) in [4.78, 5) is 25.7. The van der Waals surface area contributed by atoms with Crippen molar-refractivity contribution < 1.29 is 14.3 Å². The summed E-state index contributed by atoms with van der Waals surface area (Å²) in [6.07, 6.45) is -0.703. The van der Waals surface area contributed by atoms with Gasteiger partial charge in [-0.1, -0.05) is 87.5 Å². The number of carbonyl (C=O) groups excluding carboxylic acids is 2. The molecular weight excluding hydrogens is 422 g/mol. The van der Waals surface area contributed by atoms with E-state index in [2.05, 4.69) is 26.1 Å². The van der Waals surface area contributed by atoms with E-state index in [-0.39, 0.29) is 17.1 Å². The van der Waals surface area contributed by atoms with Crippen molar-refractivity contribution in [2.24, 2.45) is 0 Å². The van der Waals surface area contributed by atoms with E-state index in [1.54, 1.807) is 31.2 Å². The third-order valence-corrected chi connectivity index (χ3v) is 5.81. The van der Waals surface area contributed by atoms with Crippen LogP contribution in [0.1, 0.15) is 49.2 Å². The van der Waals surface area contributed by atoms with E-state index in [1.807, 2.05) is 66.7 Å². The molecule has 1 atom stereocenters. The molecule has 1 N–H and O–H groups in total.